The summed E-state index contributed by atoms with van der Waals surface area (Å²) in [5, 5.41) is 16.0. The number of hydrogen-bond donors (Lipinski definition) is 3. The Morgan fingerprint density at radius 1 is 1.55 bits per heavy atom. The van der Waals surface area contributed by atoms with Crippen molar-refractivity contribution >= 4 is 52.1 Å². The van der Waals surface area contributed by atoms with Crippen molar-refractivity contribution in [2.75, 3.05) is 20.3 Å². The van der Waals surface area contributed by atoms with Crippen LogP contribution in [-0.4, -0.2) is 42.7 Å². The van der Waals surface area contributed by atoms with Crippen LogP contribution < -0.4 is 20.2 Å². The number of aliphatic carboxylic acids is 1. The molecule has 0 aliphatic rings. The second-order valence-electron chi connectivity index (χ2n) is 3.95. The molecule has 0 aliphatic carbocycles. The Bertz CT molecular complexity index is 581. The number of ether oxygens (including phenoxy) is 2. The molecule has 0 saturated heterocycles. The summed E-state index contributed by atoms with van der Waals surface area (Å²) < 4.78 is 11.2. The van der Waals surface area contributed by atoms with E-state index in [-0.39, 0.29) is 0 Å². The summed E-state index contributed by atoms with van der Waals surface area (Å²) in [6, 6.07) is 3.49. The SMILES string of the molecule is CCNC(=S)NN=Cc1cc(I)c(OCC(=O)O)c(OC)c1. The summed E-state index contributed by atoms with van der Waals surface area (Å²) in [4.78, 5) is 10.6. The van der Waals surface area contributed by atoms with Crippen molar-refractivity contribution in [1.82, 2.24) is 10.7 Å². The van der Waals surface area contributed by atoms with Gasteiger partial charge >= 0.3 is 5.97 Å². The van der Waals surface area contributed by atoms with Gasteiger partial charge in [-0.05, 0) is 59.4 Å². The third-order valence-corrected chi connectivity index (χ3v) is 3.35. The van der Waals surface area contributed by atoms with Crippen molar-refractivity contribution in [3.8, 4) is 11.5 Å². The van der Waals surface area contributed by atoms with Gasteiger partial charge in [0.1, 0.15) is 0 Å². The number of halogens is 1. The van der Waals surface area contributed by atoms with Gasteiger partial charge in [0.2, 0.25) is 0 Å². The van der Waals surface area contributed by atoms with E-state index in [1.165, 1.54) is 7.11 Å². The zero-order valence-corrected chi connectivity index (χ0v) is 15.0. The van der Waals surface area contributed by atoms with Crippen LogP contribution >= 0.6 is 34.8 Å². The summed E-state index contributed by atoms with van der Waals surface area (Å²) in [6.07, 6.45) is 1.58. The number of methoxy groups -OCH3 is 1. The predicted octanol–water partition coefficient (Wildman–Crippen LogP) is 1.58. The van der Waals surface area contributed by atoms with Crippen LogP contribution in [0.2, 0.25) is 0 Å². The van der Waals surface area contributed by atoms with Crippen LogP contribution in [0.5, 0.6) is 11.5 Å². The first-order valence-electron chi connectivity index (χ1n) is 6.27. The average Bonchev–Trinajstić information content (AvgIpc) is 2.45. The molecule has 120 valence electrons. The van der Waals surface area contributed by atoms with Crippen LogP contribution in [0.3, 0.4) is 0 Å². The highest BCUT2D eigenvalue weighted by Crippen LogP contribution is 2.33. The van der Waals surface area contributed by atoms with Gasteiger partial charge in [0, 0.05) is 6.54 Å². The first kappa shape index (κ1) is 18.4. The molecule has 0 radical (unpaired) electrons. The van der Waals surface area contributed by atoms with Crippen molar-refractivity contribution in [1.29, 1.82) is 0 Å². The number of hydrogen-bond acceptors (Lipinski definition) is 5. The van der Waals surface area contributed by atoms with Gasteiger partial charge in [0.15, 0.2) is 23.2 Å². The Morgan fingerprint density at radius 3 is 2.86 bits per heavy atom. The first-order valence-corrected chi connectivity index (χ1v) is 7.75. The number of carboxylic acids is 1. The number of carboxylic acid groups (broad SMARTS) is 1. The van der Waals surface area contributed by atoms with E-state index in [1.807, 2.05) is 29.5 Å². The third-order valence-electron chi connectivity index (χ3n) is 2.31. The fourth-order valence-electron chi connectivity index (χ4n) is 1.45. The Balaban J connectivity index is 2.86. The largest absolute Gasteiger partial charge is 0.493 e. The zero-order chi connectivity index (χ0) is 16.5. The highest BCUT2D eigenvalue weighted by atomic mass is 127. The minimum atomic E-state index is -1.05. The van der Waals surface area contributed by atoms with Crippen LogP contribution in [-0.2, 0) is 4.79 Å². The third kappa shape index (κ3) is 6.02. The van der Waals surface area contributed by atoms with Crippen molar-refractivity contribution in [3.05, 3.63) is 21.3 Å². The number of thiocarbonyl (C=S) groups is 1. The van der Waals surface area contributed by atoms with E-state index in [9.17, 15) is 4.79 Å². The highest BCUT2D eigenvalue weighted by molar-refractivity contribution is 14.1. The van der Waals surface area contributed by atoms with Crippen molar-refractivity contribution in [3.63, 3.8) is 0 Å². The number of rotatable bonds is 7. The fourth-order valence-corrected chi connectivity index (χ4v) is 2.43. The molecule has 0 heterocycles. The van der Waals surface area contributed by atoms with Gasteiger partial charge in [0.05, 0.1) is 16.9 Å². The van der Waals surface area contributed by atoms with Crippen LogP contribution in [0.4, 0.5) is 0 Å². The molecule has 0 fully saturated rings. The fraction of sp³-hybridized carbons (Fsp3) is 0.308. The van der Waals surface area contributed by atoms with Gasteiger partial charge in [-0.1, -0.05) is 0 Å². The molecular formula is C13H16IN3O4S. The normalized spacial score (nSPS) is 10.3. The average molecular weight is 437 g/mol. The molecule has 1 aromatic carbocycles. The molecule has 0 spiro atoms. The van der Waals surface area contributed by atoms with E-state index in [0.717, 1.165) is 5.56 Å². The number of carbonyl (C=O) groups is 1. The van der Waals surface area contributed by atoms with Crippen molar-refractivity contribution in [2.24, 2.45) is 5.10 Å². The smallest absolute Gasteiger partial charge is 0.341 e. The van der Waals surface area contributed by atoms with Gasteiger partial charge in [-0.3, -0.25) is 5.43 Å². The van der Waals surface area contributed by atoms with Gasteiger partial charge in [-0.25, -0.2) is 4.79 Å². The number of benzene rings is 1. The lowest BCUT2D eigenvalue weighted by Crippen LogP contribution is -2.31. The van der Waals surface area contributed by atoms with Crippen LogP contribution in [0, 0.1) is 3.57 Å². The van der Waals surface area contributed by atoms with E-state index in [4.69, 9.17) is 26.8 Å². The van der Waals surface area contributed by atoms with Gasteiger partial charge < -0.3 is 19.9 Å². The van der Waals surface area contributed by atoms with Crippen LogP contribution in [0.1, 0.15) is 12.5 Å². The van der Waals surface area contributed by atoms with E-state index in [1.54, 1.807) is 18.3 Å². The second kappa shape index (κ2) is 9.41. The summed E-state index contributed by atoms with van der Waals surface area (Å²) in [5.74, 6) is -0.229. The van der Waals surface area contributed by atoms with Gasteiger partial charge in [0.25, 0.3) is 0 Å². The Morgan fingerprint density at radius 2 is 2.27 bits per heavy atom. The zero-order valence-electron chi connectivity index (χ0n) is 12.1. The minimum Gasteiger partial charge on any atom is -0.493 e. The molecule has 9 heteroatoms. The Kier molecular flexibility index (Phi) is 7.88. The second-order valence-corrected chi connectivity index (χ2v) is 5.52. The molecule has 1 rings (SSSR count). The maximum atomic E-state index is 10.6. The topological polar surface area (TPSA) is 92.2 Å². The molecule has 0 unspecified atom stereocenters. The molecule has 0 amide bonds. The lowest BCUT2D eigenvalue weighted by Gasteiger charge is -2.12. The highest BCUT2D eigenvalue weighted by Gasteiger charge is 2.12. The van der Waals surface area contributed by atoms with E-state index in [2.05, 4.69) is 15.8 Å². The molecule has 0 aliphatic heterocycles. The lowest BCUT2D eigenvalue weighted by molar-refractivity contribution is -0.139. The lowest BCUT2D eigenvalue weighted by atomic mass is 10.2. The molecule has 0 saturated carbocycles. The van der Waals surface area contributed by atoms with Gasteiger partial charge in [-0.2, -0.15) is 5.10 Å². The molecule has 22 heavy (non-hydrogen) atoms. The maximum Gasteiger partial charge on any atom is 0.341 e. The molecule has 1 aromatic rings. The quantitative estimate of drug-likeness (QED) is 0.258. The molecular weight excluding hydrogens is 421 g/mol. The van der Waals surface area contributed by atoms with Crippen molar-refractivity contribution in [2.45, 2.75) is 6.92 Å². The molecule has 0 aromatic heterocycles. The first-order chi connectivity index (χ1) is 10.5. The Hall–Kier alpha value is -1.62. The maximum absolute atomic E-state index is 10.6. The molecule has 3 N–H and O–H groups in total. The summed E-state index contributed by atoms with van der Waals surface area (Å²) in [5.41, 5.74) is 3.44. The van der Waals surface area contributed by atoms with E-state index < -0.39 is 12.6 Å². The number of hydrazone groups is 1. The number of nitrogens with one attached hydrogen (secondary N) is 2. The minimum absolute atomic E-state index is 0.388. The van der Waals surface area contributed by atoms with E-state index >= 15 is 0 Å². The monoisotopic (exact) mass is 437 g/mol. The summed E-state index contributed by atoms with van der Waals surface area (Å²) in [7, 11) is 1.48. The van der Waals surface area contributed by atoms with E-state index in [0.29, 0.717) is 26.7 Å². The molecule has 0 atom stereocenters. The number of nitrogens with zero attached hydrogens (tertiary/aromatic N) is 1. The summed E-state index contributed by atoms with van der Waals surface area (Å²) >= 11 is 7.03. The Labute approximate surface area is 147 Å². The predicted molar refractivity (Wildman–Crippen MR) is 95.8 cm³/mol. The summed E-state index contributed by atoms with van der Waals surface area (Å²) in [6.45, 7) is 2.21. The van der Waals surface area contributed by atoms with Crippen molar-refractivity contribution < 1.29 is 19.4 Å². The molecule has 0 bridgehead atoms. The molecule has 7 nitrogen and oxygen atoms in total. The van der Waals surface area contributed by atoms with Crippen LogP contribution in [0.15, 0.2) is 17.2 Å². The van der Waals surface area contributed by atoms with Gasteiger partial charge in [-0.15, -0.1) is 0 Å². The van der Waals surface area contributed by atoms with Crippen LogP contribution in [0.25, 0.3) is 0 Å². The standard InChI is InChI=1S/C13H16IN3O4S/c1-3-15-13(22)17-16-6-8-4-9(14)12(10(5-8)20-2)21-7-11(18)19/h4-6H,3,7H2,1-2H3,(H,18,19)(H2,15,17,22).